The molecule has 0 aliphatic carbocycles. The summed E-state index contributed by atoms with van der Waals surface area (Å²) in [5.41, 5.74) is 0.818. The number of likely N-dealkylation sites (N-methyl/N-ethyl adjacent to an activating group) is 1. The molecule has 0 unspecified atom stereocenters. The van der Waals surface area contributed by atoms with Crippen LogP contribution in [-0.4, -0.2) is 43.3 Å². The number of anilines is 2. The van der Waals surface area contributed by atoms with Crippen LogP contribution in [0.25, 0.3) is 0 Å². The summed E-state index contributed by atoms with van der Waals surface area (Å²) in [6.07, 6.45) is 3.26. The molecule has 0 spiro atoms. The van der Waals surface area contributed by atoms with Gasteiger partial charge in [0.25, 0.3) is 10.0 Å². The van der Waals surface area contributed by atoms with Crippen LogP contribution in [0.4, 0.5) is 11.5 Å². The first-order valence-corrected chi connectivity index (χ1v) is 9.29. The van der Waals surface area contributed by atoms with Crippen molar-refractivity contribution in [2.24, 2.45) is 7.05 Å². The van der Waals surface area contributed by atoms with Crippen LogP contribution in [-0.2, 0) is 22.5 Å². The van der Waals surface area contributed by atoms with Crippen molar-refractivity contribution in [3.63, 3.8) is 0 Å². The smallest absolute Gasteiger partial charge is 0.267 e. The molecule has 24 heavy (non-hydrogen) atoms. The molecule has 0 aromatic carbocycles. The molecule has 0 amide bonds. The zero-order chi connectivity index (χ0) is 17.7. The molecule has 0 atom stereocenters. The Morgan fingerprint density at radius 3 is 2.54 bits per heavy atom. The molecule has 1 aliphatic rings. The fraction of sp³-hybridized carbons (Fsp3) is 0.500. The van der Waals surface area contributed by atoms with Gasteiger partial charge in [0.2, 0.25) is 0 Å². The Balaban J connectivity index is 2.16. The highest BCUT2D eigenvalue weighted by Gasteiger charge is 2.36. The quantitative estimate of drug-likeness (QED) is 0.826. The van der Waals surface area contributed by atoms with Gasteiger partial charge >= 0.3 is 0 Å². The third-order valence-electron chi connectivity index (χ3n) is 4.11. The van der Waals surface area contributed by atoms with E-state index in [1.165, 1.54) is 4.31 Å². The SMILES string of the molecule is CN1CCN(S(=O)(=O)c2cn(C)nc2C(C)(C)C)c2cccnc21. The van der Waals surface area contributed by atoms with Crippen LogP contribution >= 0.6 is 0 Å². The highest BCUT2D eigenvalue weighted by Crippen LogP contribution is 2.36. The second-order valence-corrected chi connectivity index (χ2v) is 8.94. The number of sulfonamides is 1. The van der Waals surface area contributed by atoms with Gasteiger partial charge in [-0.15, -0.1) is 0 Å². The van der Waals surface area contributed by atoms with Crippen molar-refractivity contribution in [3.05, 3.63) is 30.2 Å². The van der Waals surface area contributed by atoms with Crippen LogP contribution in [0.1, 0.15) is 26.5 Å². The summed E-state index contributed by atoms with van der Waals surface area (Å²) >= 11 is 0. The molecule has 0 N–H and O–H groups in total. The van der Waals surface area contributed by atoms with Crippen LogP contribution in [0.3, 0.4) is 0 Å². The lowest BCUT2D eigenvalue weighted by atomic mass is 9.92. The van der Waals surface area contributed by atoms with E-state index in [9.17, 15) is 8.42 Å². The van der Waals surface area contributed by atoms with E-state index in [1.54, 1.807) is 36.3 Å². The minimum Gasteiger partial charge on any atom is -0.356 e. The topological polar surface area (TPSA) is 71.3 Å². The van der Waals surface area contributed by atoms with Crippen molar-refractivity contribution < 1.29 is 8.42 Å². The molecule has 0 saturated carbocycles. The summed E-state index contributed by atoms with van der Waals surface area (Å²) in [7, 11) is -0.0476. The highest BCUT2D eigenvalue weighted by molar-refractivity contribution is 7.92. The molecule has 8 heteroatoms. The fourth-order valence-electron chi connectivity index (χ4n) is 2.89. The summed E-state index contributed by atoms with van der Waals surface area (Å²) in [4.78, 5) is 6.56. The molecular formula is C16H23N5O2S. The standard InChI is InChI=1S/C16H23N5O2S/c1-16(2,3)14-13(11-20(5)18-14)24(22,23)21-10-9-19(4)15-12(21)7-6-8-17-15/h6-8,11H,9-10H2,1-5H3. The van der Waals surface area contributed by atoms with Crippen molar-refractivity contribution in [3.8, 4) is 0 Å². The van der Waals surface area contributed by atoms with E-state index in [2.05, 4.69) is 10.1 Å². The number of aromatic nitrogens is 3. The molecule has 0 fully saturated rings. The Hall–Kier alpha value is -2.09. The Morgan fingerprint density at radius 1 is 1.17 bits per heavy atom. The van der Waals surface area contributed by atoms with Gasteiger partial charge in [-0.05, 0) is 12.1 Å². The minimum atomic E-state index is -3.71. The first-order chi connectivity index (χ1) is 11.1. The van der Waals surface area contributed by atoms with E-state index in [1.807, 2.05) is 32.7 Å². The maximum Gasteiger partial charge on any atom is 0.267 e. The highest BCUT2D eigenvalue weighted by atomic mass is 32.2. The molecule has 0 radical (unpaired) electrons. The van der Waals surface area contributed by atoms with E-state index in [0.29, 0.717) is 30.3 Å². The lowest BCUT2D eigenvalue weighted by Crippen LogP contribution is -2.43. The van der Waals surface area contributed by atoms with Crippen LogP contribution in [0, 0.1) is 0 Å². The van der Waals surface area contributed by atoms with Crippen molar-refractivity contribution in [2.45, 2.75) is 31.1 Å². The number of hydrogen-bond donors (Lipinski definition) is 0. The van der Waals surface area contributed by atoms with Gasteiger partial charge in [0, 0.05) is 38.4 Å². The summed E-state index contributed by atoms with van der Waals surface area (Å²) < 4.78 is 29.7. The van der Waals surface area contributed by atoms with E-state index >= 15 is 0 Å². The molecule has 1 aliphatic heterocycles. The summed E-state index contributed by atoms with van der Waals surface area (Å²) in [6.45, 7) is 6.87. The normalized spacial score (nSPS) is 15.5. The van der Waals surface area contributed by atoms with Gasteiger partial charge in [0.15, 0.2) is 5.82 Å². The Labute approximate surface area is 143 Å². The predicted molar refractivity (Wildman–Crippen MR) is 93.9 cm³/mol. The first-order valence-electron chi connectivity index (χ1n) is 7.85. The zero-order valence-electron chi connectivity index (χ0n) is 14.7. The molecule has 7 nitrogen and oxygen atoms in total. The molecular weight excluding hydrogens is 326 g/mol. The predicted octanol–water partition coefficient (Wildman–Crippen LogP) is 1.76. The van der Waals surface area contributed by atoms with Gasteiger partial charge in [-0.1, -0.05) is 20.8 Å². The maximum atomic E-state index is 13.4. The molecule has 0 bridgehead atoms. The van der Waals surface area contributed by atoms with Crippen LogP contribution in [0.15, 0.2) is 29.4 Å². The Morgan fingerprint density at radius 2 is 1.88 bits per heavy atom. The van der Waals surface area contributed by atoms with E-state index in [-0.39, 0.29) is 10.3 Å². The lowest BCUT2D eigenvalue weighted by molar-refractivity contribution is 0.537. The van der Waals surface area contributed by atoms with Gasteiger partial charge in [-0.2, -0.15) is 5.10 Å². The lowest BCUT2D eigenvalue weighted by Gasteiger charge is -2.35. The monoisotopic (exact) mass is 349 g/mol. The van der Waals surface area contributed by atoms with E-state index in [0.717, 1.165) is 0 Å². The number of nitrogens with zero attached hydrogens (tertiary/aromatic N) is 5. The largest absolute Gasteiger partial charge is 0.356 e. The van der Waals surface area contributed by atoms with E-state index < -0.39 is 10.0 Å². The first kappa shape index (κ1) is 16.8. The molecule has 2 aromatic rings. The average Bonchev–Trinajstić information content (AvgIpc) is 2.91. The van der Waals surface area contributed by atoms with Gasteiger partial charge in [0.1, 0.15) is 4.90 Å². The number of aryl methyl sites for hydroxylation is 1. The minimum absolute atomic E-state index is 0.261. The van der Waals surface area contributed by atoms with Crippen molar-refractivity contribution in [2.75, 3.05) is 29.3 Å². The van der Waals surface area contributed by atoms with Crippen molar-refractivity contribution in [1.29, 1.82) is 0 Å². The second-order valence-electron chi connectivity index (χ2n) is 7.11. The maximum absolute atomic E-state index is 13.4. The van der Waals surface area contributed by atoms with Crippen LogP contribution in [0.5, 0.6) is 0 Å². The van der Waals surface area contributed by atoms with Gasteiger partial charge in [-0.3, -0.25) is 8.99 Å². The molecule has 3 heterocycles. The number of hydrogen-bond acceptors (Lipinski definition) is 5. The molecule has 0 saturated heterocycles. The zero-order valence-corrected chi connectivity index (χ0v) is 15.5. The van der Waals surface area contributed by atoms with Crippen LogP contribution in [0.2, 0.25) is 0 Å². The summed E-state index contributed by atoms with van der Waals surface area (Å²) in [5.74, 6) is 0.675. The third kappa shape index (κ3) is 2.64. The second kappa shape index (κ2) is 5.47. The van der Waals surface area contributed by atoms with Crippen LogP contribution < -0.4 is 9.21 Å². The Bertz CT molecular complexity index is 867. The van der Waals surface area contributed by atoms with Gasteiger partial charge < -0.3 is 4.90 Å². The van der Waals surface area contributed by atoms with E-state index in [4.69, 9.17) is 0 Å². The Kier molecular flexibility index (Phi) is 3.82. The van der Waals surface area contributed by atoms with Gasteiger partial charge in [-0.25, -0.2) is 13.4 Å². The third-order valence-corrected chi connectivity index (χ3v) is 5.92. The van der Waals surface area contributed by atoms with Gasteiger partial charge in [0.05, 0.1) is 17.9 Å². The number of pyridine rings is 1. The fourth-order valence-corrected chi connectivity index (χ4v) is 4.73. The summed E-state index contributed by atoms with van der Waals surface area (Å²) in [5, 5.41) is 4.40. The van der Waals surface area contributed by atoms with Crippen molar-refractivity contribution in [1.82, 2.24) is 14.8 Å². The molecule has 130 valence electrons. The number of rotatable bonds is 2. The average molecular weight is 349 g/mol. The number of fused-ring (bicyclic) bond motifs is 1. The van der Waals surface area contributed by atoms with Crippen molar-refractivity contribution >= 4 is 21.5 Å². The molecule has 2 aromatic heterocycles. The molecule has 3 rings (SSSR count). The summed E-state index contributed by atoms with van der Waals surface area (Å²) in [6, 6.07) is 3.55.